The second-order valence-corrected chi connectivity index (χ2v) is 6.68. The van der Waals surface area contributed by atoms with E-state index in [1.54, 1.807) is 0 Å². The van der Waals surface area contributed by atoms with Gasteiger partial charge >= 0.3 is 37.6 Å². The first-order valence-corrected chi connectivity index (χ1v) is 6.12. The van der Waals surface area contributed by atoms with Crippen molar-refractivity contribution in [1.82, 2.24) is 0 Å². The van der Waals surface area contributed by atoms with Gasteiger partial charge in [0.1, 0.15) is 0 Å². The molecule has 0 saturated carbocycles. The van der Waals surface area contributed by atoms with Crippen LogP contribution in [0.4, 0.5) is 0 Å². The zero-order chi connectivity index (χ0) is 5.58. The molecule has 0 radical (unpaired) electrons. The molecule has 0 bridgehead atoms. The summed E-state index contributed by atoms with van der Waals surface area (Å²) < 4.78 is 0. The van der Waals surface area contributed by atoms with E-state index in [1.165, 1.54) is 0 Å². The summed E-state index contributed by atoms with van der Waals surface area (Å²) in [6.45, 7) is 0. The van der Waals surface area contributed by atoms with Crippen LogP contribution in [0.3, 0.4) is 0 Å². The smallest absolute Gasteiger partial charge is 1.00 e. The molecule has 12 heavy (non-hydrogen) atoms. The Labute approximate surface area is 138 Å². The van der Waals surface area contributed by atoms with Crippen molar-refractivity contribution in [1.29, 1.82) is 0 Å². The molecule has 0 aromatic heterocycles. The summed E-state index contributed by atoms with van der Waals surface area (Å²) in [6.07, 6.45) is 0. The van der Waals surface area contributed by atoms with Crippen LogP contribution in [0, 0.1) is 0 Å². The maximum Gasteiger partial charge on any atom is 4.00 e. The predicted octanol–water partition coefficient (Wildman–Crippen LogP) is -14.1. The summed E-state index contributed by atoms with van der Waals surface area (Å²) in [5.41, 5.74) is 0. The molecule has 2 nitrogen and oxygen atoms in total. The Bertz CT molecular complexity index is 21.8. The SMILES string of the molecule is O[OH2+].[Cl-].[Cl-].[Cl-].[Cl-].[Cl-].[Cl][Al]([Cl])[Cl].[Zr+4]. The van der Waals surface area contributed by atoms with Crippen molar-refractivity contribution in [3.05, 3.63) is 0 Å². The minimum atomic E-state index is -1.72. The fourth-order valence-corrected chi connectivity index (χ4v) is 0. The van der Waals surface area contributed by atoms with E-state index in [0.29, 0.717) is 0 Å². The Hall–Kier alpha value is 3.66. The van der Waals surface area contributed by atoms with Crippen LogP contribution in [0.15, 0.2) is 0 Å². The molecule has 0 fully saturated rings. The van der Waals surface area contributed by atoms with Gasteiger partial charge < -0.3 is 62.0 Å². The van der Waals surface area contributed by atoms with Crippen LogP contribution in [0.2, 0.25) is 0 Å². The average Bonchev–Trinajstić information content (AvgIpc) is 1.41. The van der Waals surface area contributed by atoms with Crippen molar-refractivity contribution >= 4 is 41.5 Å². The zero-order valence-electron chi connectivity index (χ0n) is 5.05. The second kappa shape index (κ2) is 61.7. The quantitative estimate of drug-likeness (QED) is 0.174. The molecule has 3 N–H and O–H groups in total. The molecule has 0 rings (SSSR count). The molecule has 0 aliphatic carbocycles. The molecule has 0 amide bonds. The Balaban J connectivity index is -0.00000000317. The van der Waals surface area contributed by atoms with Gasteiger partial charge in [-0.3, -0.25) is 5.26 Å². The zero-order valence-corrected chi connectivity index (χ0v) is 14.7. The molecule has 12 heteroatoms. The Morgan fingerprint density at radius 2 is 0.750 bits per heavy atom. The van der Waals surface area contributed by atoms with Gasteiger partial charge in [-0.25, -0.2) is 30.1 Å². The fourth-order valence-electron chi connectivity index (χ4n) is 0. The van der Waals surface area contributed by atoms with E-state index in [-0.39, 0.29) is 88.2 Å². The summed E-state index contributed by atoms with van der Waals surface area (Å²) in [6, 6.07) is 0. The third kappa shape index (κ3) is 164. The van der Waals surface area contributed by atoms with E-state index in [4.69, 9.17) is 40.7 Å². The van der Waals surface area contributed by atoms with Gasteiger partial charge in [0.05, 0.1) is 0 Å². The van der Waals surface area contributed by atoms with Gasteiger partial charge in [0, 0.05) is 0 Å². The average molecular weight is 437 g/mol. The van der Waals surface area contributed by atoms with E-state index in [0.717, 1.165) is 0 Å². The number of halogens is 8. The van der Waals surface area contributed by atoms with Gasteiger partial charge in [-0.05, 0) is 0 Å². The van der Waals surface area contributed by atoms with Gasteiger partial charge in [0.15, 0.2) is 0 Å². The Morgan fingerprint density at radius 3 is 0.750 bits per heavy atom. The van der Waals surface area contributed by atoms with Crippen LogP contribution in [-0.2, 0) is 26.2 Å². The molecule has 0 aromatic rings. The van der Waals surface area contributed by atoms with Crippen molar-refractivity contribution in [2.24, 2.45) is 0 Å². The Morgan fingerprint density at radius 1 is 0.750 bits per heavy atom. The molecule has 78 valence electrons. The maximum atomic E-state index is 6.25. The predicted molar refractivity (Wildman–Crippen MR) is 29.6 cm³/mol. The van der Waals surface area contributed by atoms with Gasteiger partial charge in [0.25, 0.3) is 0 Å². The fraction of sp³-hybridized carbons (Fsp3) is 0. The van der Waals surface area contributed by atoms with Gasteiger partial charge in [-0.2, -0.15) is 0 Å². The van der Waals surface area contributed by atoms with Crippen LogP contribution in [0.1, 0.15) is 0 Å². The normalized spacial score (nSPS) is 2.75. The summed E-state index contributed by atoms with van der Waals surface area (Å²) in [5, 5.41) is 11.0. The Kier molecular flexibility index (Phi) is 295. The first kappa shape index (κ1) is 57.4. The molecule has 0 heterocycles. The maximum absolute atomic E-state index is 6.25. The van der Waals surface area contributed by atoms with Crippen LogP contribution in [-0.4, -0.2) is 21.9 Å². The van der Waals surface area contributed by atoms with E-state index < -0.39 is 11.4 Å². The second-order valence-electron chi connectivity index (χ2n) is 0.247. The van der Waals surface area contributed by atoms with Crippen LogP contribution < -0.4 is 62.0 Å². The third-order valence-corrected chi connectivity index (χ3v) is 0. The molecule has 0 atom stereocenters. The van der Waals surface area contributed by atoms with Crippen LogP contribution >= 0.6 is 30.1 Å². The molecule has 0 spiro atoms. The molecular weight excluding hydrogens is 434 g/mol. The number of rotatable bonds is 0. The number of hydrogen-bond donors (Lipinski definition) is 1. The molecular formula is H3AlCl8O2Zr. The first-order chi connectivity index (χ1) is 2.73. The van der Waals surface area contributed by atoms with Gasteiger partial charge in [-0.1, -0.05) is 0 Å². The van der Waals surface area contributed by atoms with Crippen molar-refractivity contribution in [2.45, 2.75) is 0 Å². The van der Waals surface area contributed by atoms with E-state index >= 15 is 0 Å². The van der Waals surface area contributed by atoms with Gasteiger partial charge in [0.2, 0.25) is 0 Å². The van der Waals surface area contributed by atoms with Crippen molar-refractivity contribution in [3.8, 4) is 0 Å². The summed E-state index contributed by atoms with van der Waals surface area (Å²) in [4.78, 5) is 0. The number of hydrogen-bond acceptors (Lipinski definition) is 1. The summed E-state index contributed by atoms with van der Waals surface area (Å²) in [5.74, 6) is 0. The molecule has 0 saturated heterocycles. The van der Waals surface area contributed by atoms with E-state index in [9.17, 15) is 0 Å². The van der Waals surface area contributed by atoms with Crippen molar-refractivity contribution < 1.29 is 98.8 Å². The largest absolute Gasteiger partial charge is 4.00 e. The third-order valence-electron chi connectivity index (χ3n) is 0. The molecule has 0 aliphatic rings. The monoisotopic (exact) mass is 432 g/mol. The van der Waals surface area contributed by atoms with E-state index in [1.807, 2.05) is 0 Å². The minimum absolute atomic E-state index is 0. The molecule has 0 aromatic carbocycles. The minimum Gasteiger partial charge on any atom is -1.00 e. The summed E-state index contributed by atoms with van der Waals surface area (Å²) >= 11 is -1.72. The van der Waals surface area contributed by atoms with Crippen molar-refractivity contribution in [3.63, 3.8) is 0 Å². The van der Waals surface area contributed by atoms with Crippen molar-refractivity contribution in [2.75, 3.05) is 0 Å². The molecule has 0 aliphatic heterocycles. The van der Waals surface area contributed by atoms with Gasteiger partial charge in [-0.15, -0.1) is 5.26 Å². The van der Waals surface area contributed by atoms with Crippen LogP contribution in [0.5, 0.6) is 0 Å². The molecule has 0 unspecified atom stereocenters. The first-order valence-electron chi connectivity index (χ1n) is 0.878. The standard InChI is InChI=1S/Al.8ClH.H2O2.Zr/c;;;;;;;;;1-2;/h;8*1H;1-2H;/q+3;;;;;;;;;;+4/p-7. The van der Waals surface area contributed by atoms with E-state index in [2.05, 4.69) is 0 Å². The van der Waals surface area contributed by atoms with Crippen LogP contribution in [0.25, 0.3) is 0 Å². The topological polar surface area (TPSA) is 43.1 Å². The summed E-state index contributed by atoms with van der Waals surface area (Å²) in [7, 11) is 14.8.